The predicted octanol–water partition coefficient (Wildman–Crippen LogP) is 6.97. The number of aryl methyl sites for hydroxylation is 1. The molecule has 3 aromatic rings. The van der Waals surface area contributed by atoms with Crippen molar-refractivity contribution in [3.05, 3.63) is 89.5 Å². The van der Waals surface area contributed by atoms with Gasteiger partial charge >= 0.3 is 12.1 Å². The first-order chi connectivity index (χ1) is 17.6. The zero-order chi connectivity index (χ0) is 26.8. The molecule has 0 aliphatic carbocycles. The van der Waals surface area contributed by atoms with E-state index in [0.29, 0.717) is 16.9 Å². The van der Waals surface area contributed by atoms with E-state index in [0.717, 1.165) is 17.5 Å². The molecule has 0 aliphatic heterocycles. The van der Waals surface area contributed by atoms with Crippen molar-refractivity contribution in [1.29, 1.82) is 0 Å². The maximum absolute atomic E-state index is 12.8. The molecule has 5 nitrogen and oxygen atoms in total. The second-order valence-corrected chi connectivity index (χ2v) is 8.71. The molecule has 0 aliphatic rings. The number of aliphatic carboxylic acids is 1. The van der Waals surface area contributed by atoms with Gasteiger partial charge in [0.25, 0.3) is 5.91 Å². The van der Waals surface area contributed by atoms with E-state index in [2.05, 4.69) is 24.4 Å². The highest BCUT2D eigenvalue weighted by atomic mass is 19.4. The first-order valence-electron chi connectivity index (χ1n) is 12.2. The van der Waals surface area contributed by atoms with Crippen LogP contribution in [0.5, 0.6) is 5.75 Å². The van der Waals surface area contributed by atoms with Crippen LogP contribution < -0.4 is 10.1 Å². The topological polar surface area (TPSA) is 75.6 Å². The Morgan fingerprint density at radius 2 is 1.51 bits per heavy atom. The summed E-state index contributed by atoms with van der Waals surface area (Å²) in [6.45, 7) is 2.09. The predicted molar refractivity (Wildman–Crippen MR) is 136 cm³/mol. The van der Waals surface area contributed by atoms with Crippen LogP contribution in [0.2, 0.25) is 0 Å². The number of benzene rings is 3. The van der Waals surface area contributed by atoms with Gasteiger partial charge in [-0.3, -0.25) is 9.59 Å². The molecule has 0 radical (unpaired) electrons. The lowest BCUT2D eigenvalue weighted by molar-refractivity contribution is -0.137. The number of halogens is 3. The highest BCUT2D eigenvalue weighted by Crippen LogP contribution is 2.31. The standard InChI is InChI=1S/C29H30F3NO4/c1-2-20-5-7-21(8-6-20)22-13-15-25(16-14-22)37-26(4-3-18-29(30,31)32)23-9-11-24(12-10-23)28(36)33-19-17-27(34)35/h5-16,26H,2-4,17-19H2,1H3,(H,33,36)(H,34,35). The number of carboxylic acid groups (broad SMARTS) is 1. The molecule has 3 rings (SSSR count). The molecular weight excluding hydrogens is 483 g/mol. The van der Waals surface area contributed by atoms with Gasteiger partial charge in [0.1, 0.15) is 11.9 Å². The molecule has 2 N–H and O–H groups in total. The molecule has 8 heteroatoms. The summed E-state index contributed by atoms with van der Waals surface area (Å²) in [5.41, 5.74) is 4.27. The minimum atomic E-state index is -4.25. The maximum Gasteiger partial charge on any atom is 0.389 e. The molecule has 0 aromatic heterocycles. The van der Waals surface area contributed by atoms with Gasteiger partial charge in [0.05, 0.1) is 6.42 Å². The van der Waals surface area contributed by atoms with Gasteiger partial charge in [0.15, 0.2) is 0 Å². The minimum absolute atomic E-state index is 0.00214. The highest BCUT2D eigenvalue weighted by molar-refractivity contribution is 5.94. The molecule has 0 spiro atoms. The van der Waals surface area contributed by atoms with Gasteiger partial charge in [0.2, 0.25) is 0 Å². The monoisotopic (exact) mass is 513 g/mol. The molecule has 1 unspecified atom stereocenters. The lowest BCUT2D eigenvalue weighted by Gasteiger charge is -2.21. The molecular formula is C29H30F3NO4. The normalized spacial score (nSPS) is 12.1. The van der Waals surface area contributed by atoms with Crippen LogP contribution in [-0.2, 0) is 11.2 Å². The minimum Gasteiger partial charge on any atom is -0.486 e. The molecule has 0 fully saturated rings. The van der Waals surface area contributed by atoms with Crippen molar-refractivity contribution >= 4 is 11.9 Å². The van der Waals surface area contributed by atoms with E-state index in [4.69, 9.17) is 9.84 Å². The first-order valence-corrected chi connectivity index (χ1v) is 12.2. The molecule has 196 valence electrons. The van der Waals surface area contributed by atoms with Crippen LogP contribution >= 0.6 is 0 Å². The van der Waals surface area contributed by atoms with Crippen LogP contribution in [-0.4, -0.2) is 29.7 Å². The van der Waals surface area contributed by atoms with Gasteiger partial charge in [0, 0.05) is 18.5 Å². The molecule has 0 bridgehead atoms. The lowest BCUT2D eigenvalue weighted by Crippen LogP contribution is -2.26. The number of nitrogens with one attached hydrogen (secondary N) is 1. The Morgan fingerprint density at radius 1 is 0.919 bits per heavy atom. The van der Waals surface area contributed by atoms with Crippen molar-refractivity contribution in [3.63, 3.8) is 0 Å². The van der Waals surface area contributed by atoms with Crippen molar-refractivity contribution < 1.29 is 32.6 Å². The number of rotatable bonds is 12. The third kappa shape index (κ3) is 8.97. The fourth-order valence-corrected chi connectivity index (χ4v) is 3.84. The number of carbonyl (C=O) groups is 2. The maximum atomic E-state index is 12.8. The van der Waals surface area contributed by atoms with E-state index in [1.54, 1.807) is 36.4 Å². The smallest absolute Gasteiger partial charge is 0.389 e. The highest BCUT2D eigenvalue weighted by Gasteiger charge is 2.27. The Labute approximate surface area is 214 Å². The van der Waals surface area contributed by atoms with E-state index < -0.39 is 30.6 Å². The van der Waals surface area contributed by atoms with E-state index in [9.17, 15) is 22.8 Å². The summed E-state index contributed by atoms with van der Waals surface area (Å²) in [5, 5.41) is 11.2. The van der Waals surface area contributed by atoms with E-state index >= 15 is 0 Å². The van der Waals surface area contributed by atoms with Crippen molar-refractivity contribution in [2.24, 2.45) is 0 Å². The Balaban J connectivity index is 1.72. The molecule has 0 saturated heterocycles. The van der Waals surface area contributed by atoms with Crippen molar-refractivity contribution in [3.8, 4) is 16.9 Å². The largest absolute Gasteiger partial charge is 0.486 e. The van der Waals surface area contributed by atoms with Gasteiger partial charge in [-0.2, -0.15) is 13.2 Å². The summed E-state index contributed by atoms with van der Waals surface area (Å²) < 4.78 is 44.4. The number of ether oxygens (including phenoxy) is 1. The number of carbonyl (C=O) groups excluding carboxylic acids is 1. The number of hydrogen-bond acceptors (Lipinski definition) is 3. The summed E-state index contributed by atoms with van der Waals surface area (Å²) in [7, 11) is 0. The zero-order valence-electron chi connectivity index (χ0n) is 20.6. The first kappa shape index (κ1) is 27.8. The SMILES string of the molecule is CCc1ccc(-c2ccc(OC(CCCC(F)(F)F)c3ccc(C(=O)NCCC(=O)O)cc3)cc2)cc1. The van der Waals surface area contributed by atoms with Gasteiger partial charge in [-0.1, -0.05) is 55.5 Å². The summed E-state index contributed by atoms with van der Waals surface area (Å²) in [5.74, 6) is -0.914. The van der Waals surface area contributed by atoms with Crippen LogP contribution in [0.4, 0.5) is 13.2 Å². The molecule has 1 amide bonds. The average molecular weight is 514 g/mol. The zero-order valence-corrected chi connectivity index (χ0v) is 20.6. The molecule has 0 saturated carbocycles. The van der Waals surface area contributed by atoms with Crippen LogP contribution in [0.3, 0.4) is 0 Å². The summed E-state index contributed by atoms with van der Waals surface area (Å²) >= 11 is 0. The second kappa shape index (κ2) is 12.9. The number of hydrogen-bond donors (Lipinski definition) is 2. The Morgan fingerprint density at radius 3 is 2.05 bits per heavy atom. The number of amides is 1. The molecule has 3 aromatic carbocycles. The Kier molecular flexibility index (Phi) is 9.71. The van der Waals surface area contributed by atoms with Crippen molar-refractivity contribution in [1.82, 2.24) is 5.32 Å². The van der Waals surface area contributed by atoms with Gasteiger partial charge in [-0.15, -0.1) is 0 Å². The quantitative estimate of drug-likeness (QED) is 0.274. The fourth-order valence-electron chi connectivity index (χ4n) is 3.84. The van der Waals surface area contributed by atoms with E-state index in [1.165, 1.54) is 5.56 Å². The summed E-state index contributed by atoms with van der Waals surface area (Å²) in [6.07, 6.45) is -5.00. The van der Waals surface area contributed by atoms with Crippen LogP contribution in [0.25, 0.3) is 11.1 Å². The van der Waals surface area contributed by atoms with E-state index in [-0.39, 0.29) is 25.8 Å². The Hall–Kier alpha value is -3.81. The summed E-state index contributed by atoms with van der Waals surface area (Å²) in [6, 6.07) is 22.1. The van der Waals surface area contributed by atoms with Gasteiger partial charge in [-0.25, -0.2) is 0 Å². The molecule has 1 atom stereocenters. The van der Waals surface area contributed by atoms with Gasteiger partial charge < -0.3 is 15.2 Å². The fraction of sp³-hybridized carbons (Fsp3) is 0.310. The third-order valence-electron chi connectivity index (χ3n) is 5.92. The number of carboxylic acids is 1. The van der Waals surface area contributed by atoms with Crippen LogP contribution in [0, 0.1) is 0 Å². The Bertz CT molecular complexity index is 1160. The summed E-state index contributed by atoms with van der Waals surface area (Å²) in [4.78, 5) is 22.8. The third-order valence-corrected chi connectivity index (χ3v) is 5.92. The van der Waals surface area contributed by atoms with Crippen LogP contribution in [0.15, 0.2) is 72.8 Å². The van der Waals surface area contributed by atoms with Gasteiger partial charge in [-0.05, 0) is 65.8 Å². The van der Waals surface area contributed by atoms with Crippen molar-refractivity contribution in [2.75, 3.05) is 6.54 Å². The number of alkyl halides is 3. The van der Waals surface area contributed by atoms with Crippen molar-refractivity contribution in [2.45, 2.75) is 51.3 Å². The van der Waals surface area contributed by atoms with E-state index in [1.807, 2.05) is 24.3 Å². The second-order valence-electron chi connectivity index (χ2n) is 8.71. The molecule has 0 heterocycles. The molecule has 37 heavy (non-hydrogen) atoms. The lowest BCUT2D eigenvalue weighted by atomic mass is 10.0. The average Bonchev–Trinajstić information content (AvgIpc) is 2.88. The van der Waals surface area contributed by atoms with Crippen LogP contribution in [0.1, 0.15) is 60.2 Å².